The molecule has 2 heterocycles. The minimum atomic E-state index is 0.228. The molecule has 0 saturated heterocycles. The molecule has 27 heavy (non-hydrogen) atoms. The van der Waals surface area contributed by atoms with Crippen LogP contribution in [0.2, 0.25) is 0 Å². The molecule has 3 N–H and O–H groups in total. The van der Waals surface area contributed by atoms with E-state index in [1.54, 1.807) is 0 Å². The van der Waals surface area contributed by atoms with E-state index in [0.29, 0.717) is 6.54 Å². The molecule has 136 valence electrons. The molecule has 1 aromatic heterocycles. The lowest BCUT2D eigenvalue weighted by molar-refractivity contribution is 0.474. The molecule has 0 aliphatic carbocycles. The van der Waals surface area contributed by atoms with Crippen LogP contribution in [0.3, 0.4) is 0 Å². The van der Waals surface area contributed by atoms with E-state index >= 15 is 0 Å². The first-order valence-electron chi connectivity index (χ1n) is 9.19. The highest BCUT2D eigenvalue weighted by Crippen LogP contribution is 2.30. The zero-order chi connectivity index (χ0) is 18.8. The van der Waals surface area contributed by atoms with E-state index in [4.69, 9.17) is 10.7 Å². The average Bonchev–Trinajstić information content (AvgIpc) is 3.13. The lowest BCUT2D eigenvalue weighted by Gasteiger charge is -2.14. The predicted molar refractivity (Wildman–Crippen MR) is 111 cm³/mol. The highest BCUT2D eigenvalue weighted by Gasteiger charge is 2.17. The van der Waals surface area contributed by atoms with Gasteiger partial charge in [0, 0.05) is 48.4 Å². The van der Waals surface area contributed by atoms with Crippen molar-refractivity contribution in [3.63, 3.8) is 0 Å². The second-order valence-corrected chi connectivity index (χ2v) is 6.88. The SMILES string of the molecule is Cn1ccc(-c2ccc(C3=NCCC/C=C(\N)c4ccccc43)c(O)c2)c1. The standard InChI is InChI=1S/C23H23N3O/c1-26-13-11-17(15-26)16-9-10-20(22(27)14-16)23-19-7-3-2-6-18(19)21(24)8-4-5-12-25-23/h2-3,6-11,13-15,27H,4-5,12,24H2,1H3/b21-8-,25-23?. The van der Waals surface area contributed by atoms with Crippen molar-refractivity contribution < 1.29 is 5.11 Å². The molecule has 0 spiro atoms. The van der Waals surface area contributed by atoms with Crippen LogP contribution in [-0.4, -0.2) is 21.9 Å². The molecular weight excluding hydrogens is 334 g/mol. The van der Waals surface area contributed by atoms with E-state index in [1.165, 1.54) is 0 Å². The summed E-state index contributed by atoms with van der Waals surface area (Å²) in [6, 6.07) is 15.8. The monoisotopic (exact) mass is 357 g/mol. The van der Waals surface area contributed by atoms with Gasteiger partial charge in [-0.1, -0.05) is 36.4 Å². The number of phenolic OH excluding ortho intramolecular Hbond substituents is 1. The minimum absolute atomic E-state index is 0.228. The molecule has 0 fully saturated rings. The molecule has 2 aromatic carbocycles. The summed E-state index contributed by atoms with van der Waals surface area (Å²) in [4.78, 5) is 4.82. The molecular formula is C23H23N3O. The van der Waals surface area contributed by atoms with E-state index in [1.807, 2.05) is 72.5 Å². The maximum absolute atomic E-state index is 10.8. The van der Waals surface area contributed by atoms with Crippen molar-refractivity contribution >= 4 is 11.4 Å². The Morgan fingerprint density at radius 2 is 1.81 bits per heavy atom. The van der Waals surface area contributed by atoms with Crippen LogP contribution in [0.15, 0.2) is 72.0 Å². The van der Waals surface area contributed by atoms with Gasteiger partial charge in [-0.3, -0.25) is 4.99 Å². The predicted octanol–water partition coefficient (Wildman–Crippen LogP) is 4.33. The molecule has 0 amide bonds. The summed E-state index contributed by atoms with van der Waals surface area (Å²) in [5.41, 5.74) is 12.6. The van der Waals surface area contributed by atoms with Gasteiger partial charge in [0.1, 0.15) is 5.75 Å². The first-order valence-corrected chi connectivity index (χ1v) is 9.19. The van der Waals surface area contributed by atoms with Gasteiger partial charge in [-0.2, -0.15) is 0 Å². The Kier molecular flexibility index (Phi) is 4.55. The van der Waals surface area contributed by atoms with Crippen molar-refractivity contribution in [2.45, 2.75) is 12.8 Å². The Hall–Kier alpha value is -3.27. The molecule has 0 atom stereocenters. The van der Waals surface area contributed by atoms with Gasteiger partial charge in [0.15, 0.2) is 0 Å². The molecule has 1 aliphatic rings. The molecule has 1 aliphatic heterocycles. The second kappa shape index (κ2) is 7.16. The lowest BCUT2D eigenvalue weighted by atomic mass is 9.94. The summed E-state index contributed by atoms with van der Waals surface area (Å²) in [7, 11) is 1.98. The van der Waals surface area contributed by atoms with E-state index in [9.17, 15) is 5.11 Å². The van der Waals surface area contributed by atoms with Gasteiger partial charge >= 0.3 is 0 Å². The van der Waals surface area contributed by atoms with Crippen LogP contribution in [0.25, 0.3) is 16.8 Å². The fourth-order valence-electron chi connectivity index (χ4n) is 3.49. The zero-order valence-electron chi connectivity index (χ0n) is 15.4. The van der Waals surface area contributed by atoms with E-state index in [2.05, 4.69) is 6.08 Å². The van der Waals surface area contributed by atoms with Gasteiger partial charge in [-0.25, -0.2) is 0 Å². The molecule has 4 rings (SSSR count). The third-order valence-corrected chi connectivity index (χ3v) is 4.91. The number of phenols is 1. The number of aliphatic imine (C=N–C) groups is 1. The Balaban J connectivity index is 1.82. The quantitative estimate of drug-likeness (QED) is 0.717. The molecule has 0 saturated carbocycles. The minimum Gasteiger partial charge on any atom is -0.507 e. The fraction of sp³-hybridized carbons (Fsp3) is 0.174. The van der Waals surface area contributed by atoms with Crippen molar-refractivity contribution in [3.05, 3.63) is 83.7 Å². The first kappa shape index (κ1) is 17.2. The summed E-state index contributed by atoms with van der Waals surface area (Å²) >= 11 is 0. The van der Waals surface area contributed by atoms with E-state index in [-0.39, 0.29) is 5.75 Å². The van der Waals surface area contributed by atoms with Crippen LogP contribution < -0.4 is 5.73 Å². The van der Waals surface area contributed by atoms with Crippen molar-refractivity contribution in [1.29, 1.82) is 0 Å². The summed E-state index contributed by atoms with van der Waals surface area (Å²) < 4.78 is 1.99. The topological polar surface area (TPSA) is 63.5 Å². The first-order chi connectivity index (χ1) is 13.1. The Morgan fingerprint density at radius 3 is 2.56 bits per heavy atom. The van der Waals surface area contributed by atoms with Crippen LogP contribution in [0, 0.1) is 0 Å². The summed E-state index contributed by atoms with van der Waals surface area (Å²) in [5.74, 6) is 0.228. The van der Waals surface area contributed by atoms with Crippen LogP contribution in [0.4, 0.5) is 0 Å². The number of aryl methyl sites for hydroxylation is 1. The number of aromatic hydroxyl groups is 1. The largest absolute Gasteiger partial charge is 0.507 e. The number of aromatic nitrogens is 1. The van der Waals surface area contributed by atoms with E-state index in [0.717, 1.165) is 52.1 Å². The van der Waals surface area contributed by atoms with Crippen LogP contribution in [-0.2, 0) is 7.05 Å². The number of allylic oxidation sites excluding steroid dienone is 1. The number of fused-ring (bicyclic) bond motifs is 1. The Labute approximate surface area is 159 Å². The highest BCUT2D eigenvalue weighted by atomic mass is 16.3. The normalized spacial score (nSPS) is 16.3. The number of nitrogens with two attached hydrogens (primary N) is 1. The summed E-state index contributed by atoms with van der Waals surface area (Å²) in [6.45, 7) is 0.702. The second-order valence-electron chi connectivity index (χ2n) is 6.88. The number of hydrogen-bond donors (Lipinski definition) is 2. The van der Waals surface area contributed by atoms with Gasteiger partial charge in [-0.05, 0) is 42.2 Å². The fourth-order valence-corrected chi connectivity index (χ4v) is 3.49. The van der Waals surface area contributed by atoms with Gasteiger partial charge in [0.25, 0.3) is 0 Å². The van der Waals surface area contributed by atoms with Crippen LogP contribution >= 0.6 is 0 Å². The Morgan fingerprint density at radius 1 is 1.00 bits per heavy atom. The number of hydrogen-bond acceptors (Lipinski definition) is 3. The average molecular weight is 357 g/mol. The van der Waals surface area contributed by atoms with Gasteiger partial charge in [0.2, 0.25) is 0 Å². The number of nitrogens with zero attached hydrogens (tertiary/aromatic N) is 2. The molecule has 4 heteroatoms. The number of rotatable bonds is 2. The Bertz CT molecular complexity index is 1040. The summed E-state index contributed by atoms with van der Waals surface area (Å²) in [5, 5.41) is 10.8. The smallest absolute Gasteiger partial charge is 0.125 e. The van der Waals surface area contributed by atoms with Crippen LogP contribution in [0.1, 0.15) is 29.5 Å². The van der Waals surface area contributed by atoms with Crippen molar-refractivity contribution in [2.75, 3.05) is 6.54 Å². The maximum Gasteiger partial charge on any atom is 0.125 e. The van der Waals surface area contributed by atoms with Crippen molar-refractivity contribution in [2.24, 2.45) is 17.8 Å². The third kappa shape index (κ3) is 3.38. The third-order valence-electron chi connectivity index (χ3n) is 4.91. The zero-order valence-corrected chi connectivity index (χ0v) is 15.4. The van der Waals surface area contributed by atoms with Crippen LogP contribution in [0.5, 0.6) is 5.75 Å². The molecule has 4 nitrogen and oxygen atoms in total. The number of benzene rings is 2. The molecule has 0 bridgehead atoms. The molecule has 0 unspecified atom stereocenters. The van der Waals surface area contributed by atoms with Gasteiger partial charge < -0.3 is 15.4 Å². The molecule has 3 aromatic rings. The maximum atomic E-state index is 10.8. The van der Waals surface area contributed by atoms with Gasteiger partial charge in [0.05, 0.1) is 5.71 Å². The lowest BCUT2D eigenvalue weighted by Crippen LogP contribution is -2.10. The van der Waals surface area contributed by atoms with Crippen molar-refractivity contribution in [1.82, 2.24) is 4.57 Å². The van der Waals surface area contributed by atoms with Gasteiger partial charge in [-0.15, -0.1) is 0 Å². The van der Waals surface area contributed by atoms with E-state index < -0.39 is 0 Å². The molecule has 0 radical (unpaired) electrons. The summed E-state index contributed by atoms with van der Waals surface area (Å²) in [6.07, 6.45) is 7.92. The van der Waals surface area contributed by atoms with Crippen molar-refractivity contribution in [3.8, 4) is 16.9 Å². The highest BCUT2D eigenvalue weighted by molar-refractivity contribution is 6.16.